The first-order valence-electron chi connectivity index (χ1n) is 10.0. The number of fused-ring (bicyclic) bond motifs is 1. The molecular weight excluding hydrogens is 416 g/mol. The van der Waals surface area contributed by atoms with Gasteiger partial charge in [0.1, 0.15) is 5.69 Å². The second kappa shape index (κ2) is 8.83. The number of carbonyl (C=O) groups excluding carboxylic acids is 2. The number of para-hydroxylation sites is 1. The van der Waals surface area contributed by atoms with Crippen molar-refractivity contribution >= 4 is 32.7 Å². The lowest BCUT2D eigenvalue weighted by atomic mass is 10.2. The van der Waals surface area contributed by atoms with Crippen molar-refractivity contribution in [3.05, 3.63) is 71.9 Å². The Morgan fingerprint density at radius 1 is 0.871 bits per heavy atom. The summed E-state index contributed by atoms with van der Waals surface area (Å²) in [6.45, 7) is 0. The fraction of sp³-hybridized carbons (Fsp3) is 0.227. The number of pyridine rings is 1. The Morgan fingerprint density at radius 2 is 1.61 bits per heavy atom. The van der Waals surface area contributed by atoms with Crippen LogP contribution in [-0.2, 0) is 10.0 Å². The molecule has 9 heteroatoms. The number of nitrogens with one attached hydrogen (secondary N) is 3. The van der Waals surface area contributed by atoms with Crippen molar-refractivity contribution in [2.24, 2.45) is 0 Å². The minimum atomic E-state index is -3.72. The van der Waals surface area contributed by atoms with Crippen LogP contribution < -0.4 is 15.6 Å². The summed E-state index contributed by atoms with van der Waals surface area (Å²) < 4.78 is 27.9. The predicted molar refractivity (Wildman–Crippen MR) is 116 cm³/mol. The van der Waals surface area contributed by atoms with Crippen LogP contribution in [0.1, 0.15) is 46.5 Å². The molecule has 1 aliphatic rings. The van der Waals surface area contributed by atoms with Crippen LogP contribution in [0, 0.1) is 0 Å². The molecule has 1 heterocycles. The highest BCUT2D eigenvalue weighted by Gasteiger charge is 2.23. The summed E-state index contributed by atoms with van der Waals surface area (Å²) in [5, 5.41) is 0.896. The van der Waals surface area contributed by atoms with Gasteiger partial charge in [-0.05, 0) is 43.2 Å². The number of amides is 2. The van der Waals surface area contributed by atoms with Crippen LogP contribution in [0.25, 0.3) is 10.9 Å². The number of nitrogens with zero attached hydrogens (tertiary/aromatic N) is 1. The van der Waals surface area contributed by atoms with Crippen molar-refractivity contribution in [1.29, 1.82) is 0 Å². The highest BCUT2D eigenvalue weighted by Crippen LogP contribution is 2.21. The summed E-state index contributed by atoms with van der Waals surface area (Å²) in [5.41, 5.74) is 5.54. The van der Waals surface area contributed by atoms with Gasteiger partial charge in [-0.1, -0.05) is 43.2 Å². The van der Waals surface area contributed by atoms with Crippen LogP contribution in [0.4, 0.5) is 0 Å². The van der Waals surface area contributed by atoms with Crippen molar-refractivity contribution in [1.82, 2.24) is 20.6 Å². The lowest BCUT2D eigenvalue weighted by Gasteiger charge is -2.13. The van der Waals surface area contributed by atoms with Crippen molar-refractivity contribution in [2.45, 2.75) is 36.6 Å². The average Bonchev–Trinajstić information content (AvgIpc) is 3.29. The first-order valence-corrected chi connectivity index (χ1v) is 11.5. The fourth-order valence-corrected chi connectivity index (χ4v) is 4.93. The standard InChI is InChI=1S/C22H22N4O4S/c27-21(24-25-22(28)20-13-12-15-6-1-4-11-19(15)23-20)16-7-5-10-18(14-16)31(29,30)26-17-8-2-3-9-17/h1,4-7,10-14,17,26H,2-3,8-9H2,(H,24,27)(H,25,28). The van der Waals surface area contributed by atoms with Gasteiger partial charge in [0.2, 0.25) is 10.0 Å². The summed E-state index contributed by atoms with van der Waals surface area (Å²) >= 11 is 0. The monoisotopic (exact) mass is 438 g/mol. The number of carbonyl (C=O) groups is 2. The molecule has 1 aliphatic carbocycles. The Labute approximate surface area is 180 Å². The van der Waals surface area contributed by atoms with E-state index < -0.39 is 21.8 Å². The van der Waals surface area contributed by atoms with Gasteiger partial charge in [-0.2, -0.15) is 0 Å². The Balaban J connectivity index is 1.42. The van der Waals surface area contributed by atoms with E-state index in [4.69, 9.17) is 0 Å². The van der Waals surface area contributed by atoms with Crippen LogP contribution in [-0.4, -0.2) is 31.3 Å². The molecule has 1 fully saturated rings. The zero-order valence-corrected chi connectivity index (χ0v) is 17.5. The number of hydrogen-bond acceptors (Lipinski definition) is 5. The van der Waals surface area contributed by atoms with E-state index in [0.29, 0.717) is 5.52 Å². The molecular formula is C22H22N4O4S. The van der Waals surface area contributed by atoms with E-state index in [2.05, 4.69) is 20.6 Å². The van der Waals surface area contributed by atoms with E-state index >= 15 is 0 Å². The second-order valence-corrected chi connectivity index (χ2v) is 9.14. The lowest BCUT2D eigenvalue weighted by Crippen LogP contribution is -2.42. The average molecular weight is 439 g/mol. The molecule has 3 aromatic rings. The third-order valence-electron chi connectivity index (χ3n) is 5.20. The summed E-state index contributed by atoms with van der Waals surface area (Å²) in [6.07, 6.45) is 3.63. The van der Waals surface area contributed by atoms with E-state index in [1.807, 2.05) is 18.2 Å². The van der Waals surface area contributed by atoms with Crippen LogP contribution in [0.3, 0.4) is 0 Å². The third-order valence-corrected chi connectivity index (χ3v) is 6.72. The molecule has 1 aromatic heterocycles. The van der Waals surface area contributed by atoms with Crippen molar-refractivity contribution in [3.63, 3.8) is 0 Å². The van der Waals surface area contributed by atoms with Gasteiger partial charge < -0.3 is 0 Å². The summed E-state index contributed by atoms with van der Waals surface area (Å²) in [5.74, 6) is -1.21. The van der Waals surface area contributed by atoms with E-state index in [0.717, 1.165) is 31.1 Å². The fourth-order valence-electron chi connectivity index (χ4n) is 3.58. The predicted octanol–water partition coefficient (Wildman–Crippen LogP) is 2.53. The number of benzene rings is 2. The Morgan fingerprint density at radius 3 is 2.42 bits per heavy atom. The SMILES string of the molecule is O=C(NNC(=O)c1ccc2ccccc2n1)c1cccc(S(=O)(=O)NC2CCCC2)c1. The van der Waals surface area contributed by atoms with Gasteiger partial charge in [0.15, 0.2) is 0 Å². The molecule has 3 N–H and O–H groups in total. The third kappa shape index (κ3) is 4.89. The zero-order chi connectivity index (χ0) is 21.8. The van der Waals surface area contributed by atoms with E-state index in [1.165, 1.54) is 24.3 Å². The van der Waals surface area contributed by atoms with Gasteiger partial charge in [-0.15, -0.1) is 0 Å². The molecule has 0 radical (unpaired) electrons. The van der Waals surface area contributed by atoms with Gasteiger partial charge in [-0.3, -0.25) is 20.4 Å². The number of rotatable bonds is 5. The molecule has 8 nitrogen and oxygen atoms in total. The molecule has 0 saturated heterocycles. The van der Waals surface area contributed by atoms with Gasteiger partial charge in [0.25, 0.3) is 11.8 Å². The molecule has 2 amide bonds. The highest BCUT2D eigenvalue weighted by atomic mass is 32.2. The number of aromatic nitrogens is 1. The van der Waals surface area contributed by atoms with Crippen molar-refractivity contribution < 1.29 is 18.0 Å². The number of hydrazine groups is 1. The van der Waals surface area contributed by atoms with Gasteiger partial charge >= 0.3 is 0 Å². The Kier molecular flexibility index (Phi) is 5.97. The van der Waals surface area contributed by atoms with Gasteiger partial charge in [0.05, 0.1) is 10.4 Å². The smallest absolute Gasteiger partial charge is 0.267 e. The maximum Gasteiger partial charge on any atom is 0.288 e. The van der Waals surface area contributed by atoms with E-state index in [-0.39, 0.29) is 22.2 Å². The van der Waals surface area contributed by atoms with Crippen molar-refractivity contribution in [3.8, 4) is 0 Å². The molecule has 0 spiro atoms. The Bertz CT molecular complexity index is 1240. The van der Waals surface area contributed by atoms with E-state index in [1.54, 1.807) is 18.2 Å². The molecule has 31 heavy (non-hydrogen) atoms. The molecule has 0 aliphatic heterocycles. The normalized spacial score (nSPS) is 14.5. The number of sulfonamides is 1. The van der Waals surface area contributed by atoms with E-state index in [9.17, 15) is 18.0 Å². The first-order chi connectivity index (χ1) is 14.9. The van der Waals surface area contributed by atoms with Gasteiger partial charge in [0, 0.05) is 17.0 Å². The summed E-state index contributed by atoms with van der Waals surface area (Å²) in [6, 6.07) is 16.3. The highest BCUT2D eigenvalue weighted by molar-refractivity contribution is 7.89. The molecule has 0 unspecified atom stereocenters. The number of hydrogen-bond donors (Lipinski definition) is 3. The molecule has 2 aromatic carbocycles. The molecule has 160 valence electrons. The molecule has 0 bridgehead atoms. The molecule has 0 atom stereocenters. The quantitative estimate of drug-likeness (QED) is 0.529. The minimum Gasteiger partial charge on any atom is -0.267 e. The topological polar surface area (TPSA) is 117 Å². The first kappa shape index (κ1) is 21.0. The summed E-state index contributed by atoms with van der Waals surface area (Å²) in [7, 11) is -3.72. The molecule has 4 rings (SSSR count). The van der Waals surface area contributed by atoms with Gasteiger partial charge in [-0.25, -0.2) is 18.1 Å². The summed E-state index contributed by atoms with van der Waals surface area (Å²) in [4.78, 5) is 29.1. The van der Waals surface area contributed by atoms with Crippen molar-refractivity contribution in [2.75, 3.05) is 0 Å². The second-order valence-electron chi connectivity index (χ2n) is 7.43. The van der Waals surface area contributed by atoms with Crippen LogP contribution >= 0.6 is 0 Å². The lowest BCUT2D eigenvalue weighted by molar-refractivity contribution is 0.0844. The van der Waals surface area contributed by atoms with Crippen LogP contribution in [0.5, 0.6) is 0 Å². The van der Waals surface area contributed by atoms with Crippen LogP contribution in [0.2, 0.25) is 0 Å². The minimum absolute atomic E-state index is 0.00886. The maximum absolute atomic E-state index is 12.6. The Hall–Kier alpha value is -3.30. The van der Waals surface area contributed by atoms with Crippen LogP contribution in [0.15, 0.2) is 65.6 Å². The zero-order valence-electron chi connectivity index (χ0n) is 16.7. The molecule has 1 saturated carbocycles. The maximum atomic E-state index is 12.6. The largest absolute Gasteiger partial charge is 0.288 e.